The lowest BCUT2D eigenvalue weighted by molar-refractivity contribution is -0.119. The van der Waals surface area contributed by atoms with Crippen LogP contribution in [0.2, 0.25) is 5.02 Å². The molecule has 2 aliphatic heterocycles. The fourth-order valence-corrected chi connectivity index (χ4v) is 3.74. The van der Waals surface area contributed by atoms with Crippen LogP contribution in [0.3, 0.4) is 0 Å². The van der Waals surface area contributed by atoms with Gasteiger partial charge in [0.15, 0.2) is 0 Å². The summed E-state index contributed by atoms with van der Waals surface area (Å²) in [6.07, 6.45) is 2.03. The zero-order chi connectivity index (χ0) is 15.1. The van der Waals surface area contributed by atoms with E-state index in [0.717, 1.165) is 30.6 Å². The summed E-state index contributed by atoms with van der Waals surface area (Å²) >= 11 is 5.99. The molecule has 2 saturated heterocycles. The van der Waals surface area contributed by atoms with Crippen molar-refractivity contribution in [2.75, 3.05) is 11.4 Å². The van der Waals surface area contributed by atoms with E-state index in [2.05, 4.69) is 17.0 Å². The van der Waals surface area contributed by atoms with Gasteiger partial charge >= 0.3 is 0 Å². The fraction of sp³-hybridized carbons (Fsp3) is 0.278. The first-order chi connectivity index (χ1) is 10.8. The van der Waals surface area contributed by atoms with Gasteiger partial charge in [0.1, 0.15) is 6.17 Å². The van der Waals surface area contributed by atoms with E-state index in [1.807, 2.05) is 47.4 Å². The Balaban J connectivity index is 1.80. The molecule has 3 nitrogen and oxygen atoms in total. The van der Waals surface area contributed by atoms with E-state index in [-0.39, 0.29) is 18.1 Å². The molecule has 22 heavy (non-hydrogen) atoms. The Morgan fingerprint density at radius 2 is 1.73 bits per heavy atom. The number of nitrogens with zero attached hydrogens (tertiary/aromatic N) is 2. The number of fused-ring (bicyclic) bond motifs is 1. The number of carbonyl (C=O) groups is 1. The average molecular weight is 313 g/mol. The van der Waals surface area contributed by atoms with Crippen LogP contribution in [-0.2, 0) is 4.79 Å². The van der Waals surface area contributed by atoms with E-state index < -0.39 is 0 Å². The lowest BCUT2D eigenvalue weighted by Crippen LogP contribution is -2.32. The Labute approximate surface area is 135 Å². The predicted molar refractivity (Wildman–Crippen MR) is 87.8 cm³/mol. The Bertz CT molecular complexity index is 686. The average Bonchev–Trinajstić information content (AvgIpc) is 3.12. The highest BCUT2D eigenvalue weighted by molar-refractivity contribution is 6.30. The molecule has 112 valence electrons. The zero-order valence-electron chi connectivity index (χ0n) is 12.2. The number of rotatable bonds is 2. The fourth-order valence-electron chi connectivity index (χ4n) is 3.61. The van der Waals surface area contributed by atoms with Crippen LogP contribution in [0.25, 0.3) is 0 Å². The monoisotopic (exact) mass is 312 g/mol. The number of carbonyl (C=O) groups excluding carboxylic acids is 1. The second kappa shape index (κ2) is 5.41. The lowest BCUT2D eigenvalue weighted by Gasteiger charge is -2.29. The topological polar surface area (TPSA) is 23.6 Å². The maximum Gasteiger partial charge on any atom is 0.246 e. The van der Waals surface area contributed by atoms with Crippen molar-refractivity contribution in [1.29, 1.82) is 0 Å². The first kappa shape index (κ1) is 13.8. The normalized spacial score (nSPS) is 24.8. The molecule has 4 heteroatoms. The van der Waals surface area contributed by atoms with Gasteiger partial charge in [0, 0.05) is 17.3 Å². The number of anilines is 1. The summed E-state index contributed by atoms with van der Waals surface area (Å²) in [4.78, 5) is 17.2. The van der Waals surface area contributed by atoms with Crippen LogP contribution in [-0.4, -0.2) is 23.4 Å². The Hall–Kier alpha value is -1.84. The predicted octanol–water partition coefficient (Wildman–Crippen LogP) is 3.85. The van der Waals surface area contributed by atoms with Crippen LogP contribution in [0, 0.1) is 0 Å². The Kier molecular flexibility index (Phi) is 3.40. The van der Waals surface area contributed by atoms with Crippen molar-refractivity contribution in [3.05, 3.63) is 65.2 Å². The third kappa shape index (κ3) is 2.13. The molecule has 4 rings (SSSR count). The summed E-state index contributed by atoms with van der Waals surface area (Å²) in [6.45, 7) is 0.972. The van der Waals surface area contributed by atoms with Gasteiger partial charge in [-0.1, -0.05) is 41.9 Å². The molecule has 0 aliphatic carbocycles. The van der Waals surface area contributed by atoms with Crippen molar-refractivity contribution < 1.29 is 4.79 Å². The van der Waals surface area contributed by atoms with Gasteiger partial charge in [0.25, 0.3) is 0 Å². The molecule has 0 aromatic heterocycles. The molecule has 0 saturated carbocycles. The number of hydrogen-bond donors (Lipinski definition) is 0. The molecule has 0 bridgehead atoms. The van der Waals surface area contributed by atoms with E-state index in [0.29, 0.717) is 5.02 Å². The Morgan fingerprint density at radius 3 is 2.45 bits per heavy atom. The summed E-state index contributed by atoms with van der Waals surface area (Å²) in [5.74, 6) is 0.202. The molecule has 2 aromatic rings. The van der Waals surface area contributed by atoms with Crippen molar-refractivity contribution in [2.24, 2.45) is 0 Å². The van der Waals surface area contributed by atoms with Crippen LogP contribution in [0.15, 0.2) is 54.6 Å². The summed E-state index contributed by atoms with van der Waals surface area (Å²) in [5, 5.41) is 0.687. The van der Waals surface area contributed by atoms with Gasteiger partial charge < -0.3 is 0 Å². The third-order valence-corrected chi connectivity index (χ3v) is 4.83. The molecule has 2 aromatic carbocycles. The molecular formula is C18H17ClN2O. The van der Waals surface area contributed by atoms with E-state index in [1.165, 1.54) is 0 Å². The maximum absolute atomic E-state index is 12.9. The van der Waals surface area contributed by atoms with Crippen LogP contribution in [0.1, 0.15) is 24.6 Å². The highest BCUT2D eigenvalue weighted by Crippen LogP contribution is 2.42. The van der Waals surface area contributed by atoms with E-state index in [1.54, 1.807) is 0 Å². The largest absolute Gasteiger partial charge is 0.291 e. The van der Waals surface area contributed by atoms with Gasteiger partial charge in [0.2, 0.25) is 5.91 Å². The maximum atomic E-state index is 12.9. The first-order valence-electron chi connectivity index (χ1n) is 7.65. The molecule has 2 atom stereocenters. The number of benzene rings is 2. The number of amides is 1. The number of halogens is 1. The number of hydrogen-bond acceptors (Lipinski definition) is 2. The highest BCUT2D eigenvalue weighted by atomic mass is 35.5. The summed E-state index contributed by atoms with van der Waals surface area (Å²) < 4.78 is 0. The third-order valence-electron chi connectivity index (χ3n) is 4.58. The zero-order valence-corrected chi connectivity index (χ0v) is 12.9. The molecule has 0 spiro atoms. The Morgan fingerprint density at radius 1 is 1.00 bits per heavy atom. The van der Waals surface area contributed by atoms with Crippen molar-refractivity contribution in [1.82, 2.24) is 4.90 Å². The minimum Gasteiger partial charge on any atom is -0.291 e. The SMILES string of the molecule is O=C1[C@@H]2CCCN2[C@@H](c2ccccc2)N1c1ccc(Cl)cc1. The minimum absolute atomic E-state index is 0.0117. The van der Waals surface area contributed by atoms with Crippen LogP contribution >= 0.6 is 11.6 Å². The lowest BCUT2D eigenvalue weighted by atomic mass is 10.1. The van der Waals surface area contributed by atoms with Crippen LogP contribution < -0.4 is 4.90 Å². The molecule has 0 unspecified atom stereocenters. The van der Waals surface area contributed by atoms with Crippen molar-refractivity contribution in [2.45, 2.75) is 25.0 Å². The minimum atomic E-state index is -0.0117. The van der Waals surface area contributed by atoms with Gasteiger partial charge in [-0.05, 0) is 42.7 Å². The highest BCUT2D eigenvalue weighted by Gasteiger charge is 2.49. The molecular weight excluding hydrogens is 296 g/mol. The molecule has 0 radical (unpaired) electrons. The van der Waals surface area contributed by atoms with Gasteiger partial charge in [0.05, 0.1) is 6.04 Å². The first-order valence-corrected chi connectivity index (χ1v) is 8.03. The van der Waals surface area contributed by atoms with Gasteiger partial charge in [-0.3, -0.25) is 14.6 Å². The molecule has 1 amide bonds. The molecule has 2 aliphatic rings. The van der Waals surface area contributed by atoms with Crippen LogP contribution in [0.5, 0.6) is 0 Å². The summed E-state index contributed by atoms with van der Waals surface area (Å²) in [6, 6.07) is 17.8. The molecule has 0 N–H and O–H groups in total. The van der Waals surface area contributed by atoms with E-state index in [4.69, 9.17) is 11.6 Å². The van der Waals surface area contributed by atoms with Crippen LogP contribution in [0.4, 0.5) is 5.69 Å². The summed E-state index contributed by atoms with van der Waals surface area (Å²) in [5.41, 5.74) is 2.08. The standard InChI is InChI=1S/C18H17ClN2O/c19-14-8-10-15(11-9-14)21-17(13-5-2-1-3-6-13)20-12-4-7-16(20)18(21)22/h1-3,5-6,8-11,16-17H,4,7,12H2/t16-,17+/m0/s1. The smallest absolute Gasteiger partial charge is 0.246 e. The molecule has 2 heterocycles. The van der Waals surface area contributed by atoms with Crippen molar-refractivity contribution >= 4 is 23.2 Å². The van der Waals surface area contributed by atoms with Gasteiger partial charge in [-0.15, -0.1) is 0 Å². The van der Waals surface area contributed by atoms with E-state index in [9.17, 15) is 4.79 Å². The second-order valence-corrected chi connectivity index (χ2v) is 6.30. The summed E-state index contributed by atoms with van der Waals surface area (Å²) in [7, 11) is 0. The quantitative estimate of drug-likeness (QED) is 0.841. The second-order valence-electron chi connectivity index (χ2n) is 5.86. The van der Waals surface area contributed by atoms with Gasteiger partial charge in [-0.25, -0.2) is 0 Å². The molecule has 2 fully saturated rings. The van der Waals surface area contributed by atoms with Crippen molar-refractivity contribution in [3.8, 4) is 0 Å². The van der Waals surface area contributed by atoms with Gasteiger partial charge in [-0.2, -0.15) is 0 Å². The van der Waals surface area contributed by atoms with E-state index >= 15 is 0 Å². The van der Waals surface area contributed by atoms with Crippen molar-refractivity contribution in [3.63, 3.8) is 0 Å².